The van der Waals surface area contributed by atoms with Gasteiger partial charge in [0.1, 0.15) is 18.5 Å². The van der Waals surface area contributed by atoms with Gasteiger partial charge in [0.15, 0.2) is 11.5 Å². The molecule has 3 saturated carbocycles. The minimum atomic E-state index is -1.11. The lowest BCUT2D eigenvalue weighted by atomic mass is 9.45. The number of carbonyl (C=O) groups is 3. The lowest BCUT2D eigenvalue weighted by molar-refractivity contribution is -0.146. The van der Waals surface area contributed by atoms with E-state index in [1.54, 1.807) is 23.1 Å². The maximum Gasteiger partial charge on any atom is 0.247 e. The number of aldehydes is 1. The number of carbonyl (C=O) groups excluding carboxylic acids is 3. The molecule has 0 radical (unpaired) electrons. The fourth-order valence-corrected chi connectivity index (χ4v) is 7.74. The molecular weight excluding hydrogens is 512 g/mol. The number of methoxy groups -OCH3 is 1. The summed E-state index contributed by atoms with van der Waals surface area (Å²) in [5.41, 5.74) is 1.53. The molecule has 6 rings (SSSR count). The van der Waals surface area contributed by atoms with E-state index in [2.05, 4.69) is 19.2 Å². The Kier molecular flexibility index (Phi) is 7.99. The first-order valence-electron chi connectivity index (χ1n) is 14.6. The van der Waals surface area contributed by atoms with Crippen molar-refractivity contribution in [3.8, 4) is 11.5 Å². The molecule has 0 spiro atoms. The number of aliphatic hydroxyl groups is 2. The van der Waals surface area contributed by atoms with Crippen molar-refractivity contribution >= 4 is 18.1 Å². The second-order valence-corrected chi connectivity index (χ2v) is 12.4. The molecule has 2 bridgehead atoms. The summed E-state index contributed by atoms with van der Waals surface area (Å²) < 4.78 is 11.8. The maximum absolute atomic E-state index is 13.6. The molecule has 1 aromatic rings. The summed E-state index contributed by atoms with van der Waals surface area (Å²) in [6.45, 7) is 6.96. The average Bonchev–Trinajstić information content (AvgIpc) is 3.34. The number of hydrogen-bond donors (Lipinski definition) is 3. The van der Waals surface area contributed by atoms with Crippen molar-refractivity contribution in [2.75, 3.05) is 26.8 Å². The van der Waals surface area contributed by atoms with Crippen LogP contribution in [0.25, 0.3) is 0 Å². The van der Waals surface area contributed by atoms with Crippen molar-refractivity contribution in [2.24, 2.45) is 23.2 Å². The van der Waals surface area contributed by atoms with E-state index in [0.29, 0.717) is 65.7 Å². The minimum absolute atomic E-state index is 0.0491. The van der Waals surface area contributed by atoms with Crippen LogP contribution in [0.1, 0.15) is 74.7 Å². The smallest absolute Gasteiger partial charge is 0.247 e. The minimum Gasteiger partial charge on any atom is -0.493 e. The summed E-state index contributed by atoms with van der Waals surface area (Å²) in [5.74, 6) is 1.17. The lowest BCUT2D eigenvalue weighted by Crippen LogP contribution is -2.59. The largest absolute Gasteiger partial charge is 0.493 e. The first-order valence-corrected chi connectivity index (χ1v) is 14.6. The normalized spacial score (nSPS) is 31.1. The van der Waals surface area contributed by atoms with Crippen molar-refractivity contribution in [1.82, 2.24) is 10.2 Å². The Bertz CT molecular complexity index is 1190. The molecule has 3 N–H and O–H groups in total. The van der Waals surface area contributed by atoms with Crippen molar-refractivity contribution < 1.29 is 34.1 Å². The Morgan fingerprint density at radius 1 is 1.27 bits per heavy atom. The second kappa shape index (κ2) is 11.2. The molecule has 7 unspecified atom stereocenters. The van der Waals surface area contributed by atoms with Gasteiger partial charge < -0.3 is 29.9 Å². The van der Waals surface area contributed by atoms with Crippen LogP contribution < -0.4 is 14.8 Å². The molecule has 2 amide bonds. The highest BCUT2D eigenvalue weighted by atomic mass is 16.5. The molecule has 9 nitrogen and oxygen atoms in total. The summed E-state index contributed by atoms with van der Waals surface area (Å²) in [4.78, 5) is 40.6. The van der Waals surface area contributed by atoms with Crippen LogP contribution in [0, 0.1) is 23.2 Å². The number of fused-ring (bicyclic) bond motifs is 5. The van der Waals surface area contributed by atoms with Gasteiger partial charge >= 0.3 is 0 Å². The zero-order chi connectivity index (χ0) is 28.8. The van der Waals surface area contributed by atoms with Crippen LogP contribution in [0.5, 0.6) is 11.5 Å². The van der Waals surface area contributed by atoms with Crippen molar-refractivity contribution in [1.29, 1.82) is 0 Å². The Morgan fingerprint density at radius 2 is 2.05 bits per heavy atom. The van der Waals surface area contributed by atoms with Crippen molar-refractivity contribution in [2.45, 2.75) is 77.0 Å². The van der Waals surface area contributed by atoms with E-state index >= 15 is 0 Å². The van der Waals surface area contributed by atoms with E-state index in [1.807, 2.05) is 6.92 Å². The molecule has 1 aromatic carbocycles. The molecular formula is C31H42N2O7. The number of ether oxygens (including phenoxy) is 2. The van der Waals surface area contributed by atoms with E-state index in [1.165, 1.54) is 13.5 Å². The molecule has 0 aromatic heterocycles. The molecule has 7 atom stereocenters. The predicted octanol–water partition coefficient (Wildman–Crippen LogP) is 2.83. The maximum atomic E-state index is 13.6. The number of amides is 2. The molecule has 1 heterocycles. The predicted molar refractivity (Wildman–Crippen MR) is 148 cm³/mol. The van der Waals surface area contributed by atoms with Crippen LogP contribution in [0.3, 0.4) is 0 Å². The van der Waals surface area contributed by atoms with E-state index in [4.69, 9.17) is 9.47 Å². The molecule has 4 aliphatic carbocycles. The van der Waals surface area contributed by atoms with Crippen LogP contribution >= 0.6 is 0 Å². The van der Waals surface area contributed by atoms with Gasteiger partial charge in [-0.15, -0.1) is 0 Å². The van der Waals surface area contributed by atoms with E-state index in [0.717, 1.165) is 18.8 Å². The van der Waals surface area contributed by atoms with Gasteiger partial charge in [0.25, 0.3) is 0 Å². The Morgan fingerprint density at radius 3 is 2.67 bits per heavy atom. The topological polar surface area (TPSA) is 125 Å². The summed E-state index contributed by atoms with van der Waals surface area (Å²) in [6.07, 6.45) is 4.83. The standard InChI is InChI=1S/C31H42N2O7/c1-5-6-25(36)33(15-18-7-8-19-13-22(18)31(19,2)3)23-14-21(30(38)32-9-10-34)26-20-11-17(16-35)12-24(39-4)28(20)40-29(26)27(23)37/h11-12,14,16,18-19,22-23,26-27,29,34,37H,5-10,13,15H2,1-4H3,(H,32,38). The van der Waals surface area contributed by atoms with Crippen LogP contribution in [-0.4, -0.2) is 78.3 Å². The molecule has 3 fully saturated rings. The zero-order valence-electron chi connectivity index (χ0n) is 23.9. The highest BCUT2D eigenvalue weighted by Crippen LogP contribution is 2.61. The first kappa shape index (κ1) is 28.6. The van der Waals surface area contributed by atoms with Gasteiger partial charge in [-0.3, -0.25) is 14.4 Å². The van der Waals surface area contributed by atoms with E-state index in [9.17, 15) is 24.6 Å². The second-order valence-electron chi connectivity index (χ2n) is 12.4. The van der Waals surface area contributed by atoms with Gasteiger partial charge in [0, 0.05) is 36.2 Å². The van der Waals surface area contributed by atoms with Crippen LogP contribution in [0.15, 0.2) is 23.8 Å². The highest BCUT2D eigenvalue weighted by molar-refractivity contribution is 5.96. The van der Waals surface area contributed by atoms with Crippen molar-refractivity contribution in [3.63, 3.8) is 0 Å². The number of benzene rings is 1. The number of nitrogens with zero attached hydrogens (tertiary/aromatic N) is 1. The molecule has 218 valence electrons. The van der Waals surface area contributed by atoms with Gasteiger partial charge in [-0.05, 0) is 67.1 Å². The third-order valence-corrected chi connectivity index (χ3v) is 9.99. The van der Waals surface area contributed by atoms with Crippen molar-refractivity contribution in [3.05, 3.63) is 34.9 Å². The van der Waals surface area contributed by atoms with Crippen LogP contribution in [-0.2, 0) is 9.59 Å². The monoisotopic (exact) mass is 554 g/mol. The summed E-state index contributed by atoms with van der Waals surface area (Å²) >= 11 is 0. The van der Waals surface area contributed by atoms with Gasteiger partial charge in [0.05, 0.1) is 25.7 Å². The summed E-state index contributed by atoms with van der Waals surface area (Å²) in [6, 6.07) is 2.46. The SMILES string of the molecule is CCCC(=O)N(CC1CCC2CC1C2(C)C)C1C=C(C(=O)NCCO)C2c3cc(C=O)cc(OC)c3OC2C1O. The molecule has 9 heteroatoms. The number of aliphatic hydroxyl groups excluding tert-OH is 2. The summed E-state index contributed by atoms with van der Waals surface area (Å²) in [5, 5.41) is 23.9. The van der Waals surface area contributed by atoms with E-state index in [-0.39, 0.29) is 24.5 Å². The van der Waals surface area contributed by atoms with Gasteiger partial charge in [-0.25, -0.2) is 0 Å². The average molecular weight is 555 g/mol. The lowest BCUT2D eigenvalue weighted by Gasteiger charge is -2.61. The van der Waals surface area contributed by atoms with Crippen LogP contribution in [0.4, 0.5) is 0 Å². The number of rotatable bonds is 10. The third kappa shape index (κ3) is 4.71. The van der Waals surface area contributed by atoms with Crippen LogP contribution in [0.2, 0.25) is 0 Å². The first-order chi connectivity index (χ1) is 19.2. The van der Waals surface area contributed by atoms with Gasteiger partial charge in [-0.2, -0.15) is 0 Å². The fraction of sp³-hybridized carbons (Fsp3) is 0.645. The third-order valence-electron chi connectivity index (χ3n) is 9.99. The molecule has 0 saturated heterocycles. The number of nitrogens with one attached hydrogen (secondary N) is 1. The zero-order valence-corrected chi connectivity index (χ0v) is 23.9. The molecule has 1 aliphatic heterocycles. The molecule has 5 aliphatic rings. The Labute approximate surface area is 235 Å². The highest BCUT2D eigenvalue weighted by Gasteiger charge is 2.56. The number of hydrogen-bond acceptors (Lipinski definition) is 7. The Balaban J connectivity index is 1.55. The summed E-state index contributed by atoms with van der Waals surface area (Å²) in [7, 11) is 1.47. The Hall–Kier alpha value is -2.91. The van der Waals surface area contributed by atoms with Gasteiger partial charge in [0.2, 0.25) is 11.8 Å². The molecule has 40 heavy (non-hydrogen) atoms. The van der Waals surface area contributed by atoms with Gasteiger partial charge in [-0.1, -0.05) is 20.8 Å². The fourth-order valence-electron chi connectivity index (χ4n) is 7.74. The van der Waals surface area contributed by atoms with E-state index < -0.39 is 30.1 Å². The quantitative estimate of drug-likeness (QED) is 0.380.